The van der Waals surface area contributed by atoms with E-state index in [1.807, 2.05) is 13.8 Å². The average molecular weight is 240 g/mol. The van der Waals surface area contributed by atoms with Gasteiger partial charge >= 0.3 is 0 Å². The predicted molar refractivity (Wildman–Crippen MR) is 62.9 cm³/mol. The van der Waals surface area contributed by atoms with Crippen LogP contribution in [-0.4, -0.2) is 30.1 Å². The van der Waals surface area contributed by atoms with Crippen molar-refractivity contribution in [1.29, 1.82) is 0 Å². The van der Waals surface area contributed by atoms with Gasteiger partial charge in [-0.3, -0.25) is 4.79 Å². The molecule has 1 saturated heterocycles. The Labute approximate surface area is 99.0 Å². The summed E-state index contributed by atoms with van der Waals surface area (Å²) in [4.78, 5) is 16.8. The van der Waals surface area contributed by atoms with Crippen LogP contribution in [0.15, 0.2) is 0 Å². The fourth-order valence-electron chi connectivity index (χ4n) is 1.83. The van der Waals surface area contributed by atoms with E-state index in [9.17, 15) is 4.79 Å². The molecule has 0 spiro atoms. The van der Waals surface area contributed by atoms with Crippen molar-refractivity contribution in [3.8, 4) is 0 Å². The van der Waals surface area contributed by atoms with Gasteiger partial charge in [0.25, 0.3) is 5.91 Å². The second kappa shape index (κ2) is 4.93. The van der Waals surface area contributed by atoms with Crippen molar-refractivity contribution in [1.82, 2.24) is 10.3 Å². The Morgan fingerprint density at radius 2 is 2.44 bits per heavy atom. The van der Waals surface area contributed by atoms with E-state index in [0.29, 0.717) is 6.54 Å². The largest absolute Gasteiger partial charge is 0.376 e. The Kier molecular flexibility index (Phi) is 3.56. The quantitative estimate of drug-likeness (QED) is 0.874. The molecule has 1 amide bonds. The zero-order chi connectivity index (χ0) is 11.5. The van der Waals surface area contributed by atoms with Crippen LogP contribution in [0, 0.1) is 13.8 Å². The van der Waals surface area contributed by atoms with E-state index in [4.69, 9.17) is 4.74 Å². The lowest BCUT2D eigenvalue weighted by Gasteiger charge is -2.09. The minimum absolute atomic E-state index is 0.0291. The third-order valence-electron chi connectivity index (χ3n) is 2.62. The summed E-state index contributed by atoms with van der Waals surface area (Å²) >= 11 is 1.44. The van der Waals surface area contributed by atoms with Crippen LogP contribution in [0.25, 0.3) is 0 Å². The van der Waals surface area contributed by atoms with Gasteiger partial charge in [-0.05, 0) is 26.7 Å². The van der Waals surface area contributed by atoms with Crippen LogP contribution >= 0.6 is 11.3 Å². The molecule has 2 rings (SSSR count). The molecule has 1 aliphatic rings. The van der Waals surface area contributed by atoms with E-state index in [1.165, 1.54) is 11.3 Å². The summed E-state index contributed by atoms with van der Waals surface area (Å²) in [6, 6.07) is 0. The number of nitrogens with one attached hydrogen (secondary N) is 1. The molecule has 1 atom stereocenters. The first kappa shape index (κ1) is 11.5. The Balaban J connectivity index is 1.90. The molecule has 5 heteroatoms. The number of ether oxygens (including phenoxy) is 1. The lowest BCUT2D eigenvalue weighted by atomic mass is 10.2. The maximum atomic E-state index is 11.8. The van der Waals surface area contributed by atoms with E-state index in [0.717, 1.165) is 35.0 Å². The van der Waals surface area contributed by atoms with Gasteiger partial charge in [-0.15, -0.1) is 11.3 Å². The first-order chi connectivity index (χ1) is 7.66. The van der Waals surface area contributed by atoms with E-state index in [2.05, 4.69) is 10.3 Å². The van der Waals surface area contributed by atoms with E-state index in [1.54, 1.807) is 0 Å². The molecule has 1 unspecified atom stereocenters. The van der Waals surface area contributed by atoms with Crippen LogP contribution in [-0.2, 0) is 4.74 Å². The van der Waals surface area contributed by atoms with E-state index >= 15 is 0 Å². The molecule has 0 saturated carbocycles. The SMILES string of the molecule is Cc1nc(C)c(C(=O)NCC2CCCO2)s1. The summed E-state index contributed by atoms with van der Waals surface area (Å²) < 4.78 is 5.45. The zero-order valence-electron chi connectivity index (χ0n) is 9.58. The smallest absolute Gasteiger partial charge is 0.263 e. The van der Waals surface area contributed by atoms with Crippen LogP contribution in [0.1, 0.15) is 33.2 Å². The molecule has 0 radical (unpaired) electrons. The number of carbonyl (C=O) groups excluding carboxylic acids is 1. The van der Waals surface area contributed by atoms with Crippen molar-refractivity contribution in [3.63, 3.8) is 0 Å². The molecule has 0 aliphatic carbocycles. The van der Waals surface area contributed by atoms with Crippen LogP contribution in [0.5, 0.6) is 0 Å². The summed E-state index contributed by atoms with van der Waals surface area (Å²) in [5.74, 6) is -0.0291. The predicted octanol–water partition coefficient (Wildman–Crippen LogP) is 1.67. The van der Waals surface area contributed by atoms with Crippen molar-refractivity contribution in [2.24, 2.45) is 0 Å². The third kappa shape index (κ3) is 2.59. The third-order valence-corrected chi connectivity index (χ3v) is 3.70. The Hall–Kier alpha value is -0.940. The maximum Gasteiger partial charge on any atom is 0.263 e. The number of carbonyl (C=O) groups is 1. The molecular weight excluding hydrogens is 224 g/mol. The Morgan fingerprint density at radius 1 is 1.62 bits per heavy atom. The second-order valence-corrected chi connectivity index (χ2v) is 5.20. The molecule has 88 valence electrons. The van der Waals surface area contributed by atoms with Crippen LogP contribution in [0.3, 0.4) is 0 Å². The Bertz CT molecular complexity index is 383. The molecule has 0 aromatic carbocycles. The number of amides is 1. The fraction of sp³-hybridized carbons (Fsp3) is 0.636. The molecule has 1 aromatic rings. The topological polar surface area (TPSA) is 51.2 Å². The summed E-state index contributed by atoms with van der Waals surface area (Å²) in [6.45, 7) is 5.20. The summed E-state index contributed by atoms with van der Waals surface area (Å²) in [5, 5.41) is 3.83. The molecule has 1 fully saturated rings. The van der Waals surface area contributed by atoms with Gasteiger partial charge in [0.1, 0.15) is 4.88 Å². The summed E-state index contributed by atoms with van der Waals surface area (Å²) in [5.41, 5.74) is 0.812. The van der Waals surface area contributed by atoms with E-state index in [-0.39, 0.29) is 12.0 Å². The van der Waals surface area contributed by atoms with Crippen molar-refractivity contribution < 1.29 is 9.53 Å². The van der Waals surface area contributed by atoms with Gasteiger partial charge in [-0.1, -0.05) is 0 Å². The molecule has 4 nitrogen and oxygen atoms in total. The van der Waals surface area contributed by atoms with Gasteiger partial charge < -0.3 is 10.1 Å². The van der Waals surface area contributed by atoms with Crippen molar-refractivity contribution in [3.05, 3.63) is 15.6 Å². The number of hydrogen-bond acceptors (Lipinski definition) is 4. The van der Waals surface area contributed by atoms with Gasteiger partial charge in [0, 0.05) is 13.2 Å². The number of thiazole rings is 1. The highest BCUT2D eigenvalue weighted by Crippen LogP contribution is 2.17. The number of nitrogens with zero attached hydrogens (tertiary/aromatic N) is 1. The highest BCUT2D eigenvalue weighted by atomic mass is 32.1. The lowest BCUT2D eigenvalue weighted by Crippen LogP contribution is -2.31. The lowest BCUT2D eigenvalue weighted by molar-refractivity contribution is 0.0860. The first-order valence-corrected chi connectivity index (χ1v) is 6.32. The van der Waals surface area contributed by atoms with Gasteiger partial charge in [-0.2, -0.15) is 0 Å². The molecule has 1 N–H and O–H groups in total. The van der Waals surface area contributed by atoms with Gasteiger partial charge in [0.15, 0.2) is 0 Å². The number of aryl methyl sites for hydroxylation is 2. The monoisotopic (exact) mass is 240 g/mol. The van der Waals surface area contributed by atoms with Crippen molar-refractivity contribution >= 4 is 17.2 Å². The maximum absolute atomic E-state index is 11.8. The molecule has 2 heterocycles. The minimum Gasteiger partial charge on any atom is -0.376 e. The van der Waals surface area contributed by atoms with Crippen LogP contribution in [0.4, 0.5) is 0 Å². The Morgan fingerprint density at radius 3 is 3.00 bits per heavy atom. The normalized spacial score (nSPS) is 20.0. The molecule has 16 heavy (non-hydrogen) atoms. The van der Waals surface area contributed by atoms with Crippen molar-refractivity contribution in [2.45, 2.75) is 32.8 Å². The fourth-order valence-corrected chi connectivity index (χ4v) is 2.67. The summed E-state index contributed by atoms with van der Waals surface area (Å²) in [6.07, 6.45) is 2.33. The zero-order valence-corrected chi connectivity index (χ0v) is 10.4. The number of hydrogen-bond donors (Lipinski definition) is 1. The molecule has 1 aliphatic heterocycles. The number of rotatable bonds is 3. The van der Waals surface area contributed by atoms with Gasteiger partial charge in [-0.25, -0.2) is 4.98 Å². The number of aromatic nitrogens is 1. The average Bonchev–Trinajstić information content (AvgIpc) is 2.84. The van der Waals surface area contributed by atoms with Crippen LogP contribution < -0.4 is 5.32 Å². The minimum atomic E-state index is -0.0291. The van der Waals surface area contributed by atoms with Crippen LogP contribution in [0.2, 0.25) is 0 Å². The highest BCUT2D eigenvalue weighted by Gasteiger charge is 2.18. The van der Waals surface area contributed by atoms with E-state index < -0.39 is 0 Å². The molecule has 0 bridgehead atoms. The molecular formula is C11H16N2O2S. The second-order valence-electron chi connectivity index (χ2n) is 3.99. The van der Waals surface area contributed by atoms with Gasteiger partial charge in [0.05, 0.1) is 16.8 Å². The summed E-state index contributed by atoms with van der Waals surface area (Å²) in [7, 11) is 0. The van der Waals surface area contributed by atoms with Gasteiger partial charge in [0.2, 0.25) is 0 Å². The standard InChI is InChI=1S/C11H16N2O2S/c1-7-10(16-8(2)13-7)11(14)12-6-9-4-3-5-15-9/h9H,3-6H2,1-2H3,(H,12,14). The first-order valence-electron chi connectivity index (χ1n) is 5.50. The molecule has 1 aromatic heterocycles. The highest BCUT2D eigenvalue weighted by molar-refractivity contribution is 7.13. The van der Waals surface area contributed by atoms with Crippen molar-refractivity contribution in [2.75, 3.05) is 13.2 Å².